The molecule has 0 atom stereocenters. The van der Waals surface area contributed by atoms with Crippen LogP contribution in [-0.4, -0.2) is 17.6 Å². The van der Waals surface area contributed by atoms with E-state index in [1.807, 2.05) is 35.2 Å². The molecule has 5 aromatic carbocycles. The molecule has 6 aromatic rings. The van der Waals surface area contributed by atoms with Gasteiger partial charge < -0.3 is 4.74 Å². The molecule has 75 heavy (non-hydrogen) atoms. The topological polar surface area (TPSA) is 30.2 Å². The molecule has 0 fully saturated rings. The first kappa shape index (κ1) is 59.5. The molecule has 29 heteroatoms. The van der Waals surface area contributed by atoms with Crippen LogP contribution in [-0.2, 0) is 60.7 Å². The zero-order valence-electron chi connectivity index (χ0n) is 36.3. The van der Waals surface area contributed by atoms with Crippen molar-refractivity contribution in [2.75, 3.05) is 5.52 Å². The second-order valence-corrected chi connectivity index (χ2v) is 16.5. The van der Waals surface area contributed by atoms with Gasteiger partial charge in [0.2, 0.25) is 0 Å². The zero-order valence-corrected chi connectivity index (χ0v) is 37.9. The Morgan fingerprint density at radius 1 is 0.387 bits per heavy atom. The minimum absolute atomic E-state index is 0.213. The van der Waals surface area contributed by atoms with Crippen LogP contribution in [0, 0.1) is 0 Å². The molecule has 0 bridgehead atoms. The second kappa shape index (κ2) is 21.0. The number of hydrogen-bond donors (Lipinski definition) is 0. The Hall–Kier alpha value is -6.42. The highest BCUT2D eigenvalue weighted by Gasteiger charge is 2.47. The third-order valence-corrected chi connectivity index (χ3v) is 11.2. The fourth-order valence-electron chi connectivity index (χ4n) is 7.70. The van der Waals surface area contributed by atoms with Crippen LogP contribution in [0.15, 0.2) is 128 Å². The standard InChI is InChI=1S/C32H12BF24.C14H13BrNO2/c34-25(35,36)13-1-14(26(37,38)39)6-21(5-13)33(22-7-15(27(40,41)42)2-16(8-22)28(43,44)45,23-9-17(29(46,47)48)3-18(10-23)30(49,50)51)24-11-19(31(52,53)54)4-20(12-24)32(55,56)57;15-11-18-14(17)13-6-8-16(9-7-13)10-12-4-2-1-3-5-12/h1-12H;1-9H,10-11H2/q-1;+1. The van der Waals surface area contributed by atoms with Gasteiger partial charge >= 0.3 is 55.4 Å². The molecule has 6 rings (SSSR count). The molecule has 0 aliphatic carbocycles. The molecule has 0 unspecified atom stereocenters. The van der Waals surface area contributed by atoms with Gasteiger partial charge in [0.1, 0.15) is 11.7 Å². The Morgan fingerprint density at radius 3 is 0.840 bits per heavy atom. The van der Waals surface area contributed by atoms with E-state index in [4.69, 9.17) is 4.74 Å². The predicted octanol–water partition coefficient (Wildman–Crippen LogP) is 13.7. The summed E-state index contributed by atoms with van der Waals surface area (Å²) in [7, 11) is 0. The molecule has 3 nitrogen and oxygen atoms in total. The minimum atomic E-state index is -6.13. The fraction of sp³-hybridized carbons (Fsp3) is 0.217. The lowest BCUT2D eigenvalue weighted by molar-refractivity contribution is -0.688. The Labute approximate surface area is 413 Å². The van der Waals surface area contributed by atoms with Gasteiger partial charge in [-0.05, 0) is 40.2 Å². The van der Waals surface area contributed by atoms with E-state index >= 15 is 0 Å². The van der Waals surface area contributed by atoms with Gasteiger partial charge in [0.15, 0.2) is 18.9 Å². The number of benzene rings is 5. The summed E-state index contributed by atoms with van der Waals surface area (Å²) in [4.78, 5) is 11.5. The van der Waals surface area contributed by atoms with Crippen molar-refractivity contribution in [3.63, 3.8) is 0 Å². The first-order valence-corrected chi connectivity index (χ1v) is 21.3. The van der Waals surface area contributed by atoms with Crippen molar-refractivity contribution in [3.05, 3.63) is 183 Å². The monoisotopic (exact) mass is 1170 g/mol. The number of nitrogens with zero attached hydrogens (tertiary/aromatic N) is 1. The van der Waals surface area contributed by atoms with E-state index in [2.05, 4.69) is 28.1 Å². The van der Waals surface area contributed by atoms with Crippen molar-refractivity contribution in [1.29, 1.82) is 0 Å². The highest BCUT2D eigenvalue weighted by atomic mass is 79.9. The Morgan fingerprint density at radius 2 is 0.627 bits per heavy atom. The summed E-state index contributed by atoms with van der Waals surface area (Å²) in [6.07, 6.45) is -51.1. The maximum absolute atomic E-state index is 14.2. The molecule has 0 spiro atoms. The number of rotatable bonds is 8. The van der Waals surface area contributed by atoms with Crippen molar-refractivity contribution in [3.8, 4) is 0 Å². The summed E-state index contributed by atoms with van der Waals surface area (Å²) in [5.41, 5.74) is -28.2. The van der Waals surface area contributed by atoms with Crippen LogP contribution in [0.4, 0.5) is 105 Å². The third kappa shape index (κ3) is 14.3. The van der Waals surface area contributed by atoms with E-state index in [0.29, 0.717) is 5.56 Å². The SMILES string of the molecule is FC(F)(F)c1cc([B-](c2cc(C(F)(F)F)cc(C(F)(F)F)c2)(c2cc(C(F)(F)F)cc(C(F)(F)F)c2)c2cc(C(F)(F)F)cc(C(F)(F)F)c2)cc(C(F)(F)F)c1.O=C(OCBr)c1cc[n+](Cc2ccccc2)cc1. The van der Waals surface area contributed by atoms with Crippen molar-refractivity contribution >= 4 is 49.9 Å². The smallest absolute Gasteiger partial charge is 0.416 e. The van der Waals surface area contributed by atoms with Crippen LogP contribution in [0.25, 0.3) is 0 Å². The third-order valence-electron chi connectivity index (χ3n) is 11.0. The highest BCUT2D eigenvalue weighted by molar-refractivity contribution is 9.09. The van der Waals surface area contributed by atoms with Gasteiger partial charge in [-0.25, -0.2) is 9.36 Å². The molecule has 1 aromatic heterocycles. The van der Waals surface area contributed by atoms with Crippen LogP contribution in [0.3, 0.4) is 0 Å². The summed E-state index contributed by atoms with van der Waals surface area (Å²) in [5.74, 6) is -0.321. The van der Waals surface area contributed by atoms with Crippen LogP contribution < -0.4 is 26.4 Å². The molecular weight excluding hydrogens is 1150 g/mol. The van der Waals surface area contributed by atoms with Crippen molar-refractivity contribution in [2.24, 2.45) is 0 Å². The van der Waals surface area contributed by atoms with Crippen LogP contribution in [0.1, 0.15) is 60.4 Å². The molecular formula is C46H25BBrF24NO2. The largest absolute Gasteiger partial charge is 0.450 e. The summed E-state index contributed by atoms with van der Waals surface area (Å²) in [6, 6.07) is 4.86. The minimum Gasteiger partial charge on any atom is -0.450 e. The maximum atomic E-state index is 14.2. The number of esters is 1. The van der Waals surface area contributed by atoms with Crippen molar-refractivity contribution < 1.29 is 119 Å². The molecule has 0 saturated carbocycles. The number of halogens is 25. The fourth-order valence-corrected chi connectivity index (χ4v) is 7.90. The summed E-state index contributed by atoms with van der Waals surface area (Å²) < 4.78 is 348. The molecule has 0 N–H and O–H groups in total. The summed E-state index contributed by atoms with van der Waals surface area (Å²) in [6.45, 7) is 0.786. The number of ether oxygens (including phenoxy) is 1. The molecule has 404 valence electrons. The normalized spacial score (nSPS) is 13.3. The zero-order chi connectivity index (χ0) is 56.7. The molecule has 0 aliphatic rings. The quantitative estimate of drug-likeness (QED) is 0.0500. The Bertz CT molecular complexity index is 2550. The number of aromatic nitrogens is 1. The van der Waals surface area contributed by atoms with E-state index in [1.54, 1.807) is 12.1 Å². The second-order valence-electron chi connectivity index (χ2n) is 16.0. The van der Waals surface area contributed by atoms with Gasteiger partial charge in [-0.3, -0.25) is 0 Å². The maximum Gasteiger partial charge on any atom is 0.416 e. The molecule has 0 aliphatic heterocycles. The van der Waals surface area contributed by atoms with Crippen LogP contribution in [0.2, 0.25) is 0 Å². The molecule has 0 amide bonds. The predicted molar refractivity (Wildman–Crippen MR) is 221 cm³/mol. The number of hydrogen-bond acceptors (Lipinski definition) is 2. The highest BCUT2D eigenvalue weighted by Crippen LogP contribution is 2.41. The number of pyridine rings is 1. The van der Waals surface area contributed by atoms with E-state index in [0.717, 1.165) is 6.54 Å². The number of alkyl halides is 25. The molecule has 1 heterocycles. The van der Waals surface area contributed by atoms with Gasteiger partial charge in [-0.15, -0.1) is 0 Å². The van der Waals surface area contributed by atoms with E-state index in [-0.39, 0.29) is 11.5 Å². The van der Waals surface area contributed by atoms with Gasteiger partial charge in [-0.2, -0.15) is 127 Å². The lowest BCUT2D eigenvalue weighted by Crippen LogP contribution is -2.75. The number of carbonyl (C=O) groups is 1. The van der Waals surface area contributed by atoms with Crippen molar-refractivity contribution in [2.45, 2.75) is 56.0 Å². The average molecular weight is 1170 g/mol. The molecule has 0 radical (unpaired) electrons. The van der Waals surface area contributed by atoms with Gasteiger partial charge in [0, 0.05) is 17.7 Å². The van der Waals surface area contributed by atoms with Crippen molar-refractivity contribution in [1.82, 2.24) is 0 Å². The van der Waals surface area contributed by atoms with Crippen LogP contribution in [0.5, 0.6) is 0 Å². The first-order valence-electron chi connectivity index (χ1n) is 20.2. The average Bonchev–Trinajstić information content (AvgIpc) is 3.27. The lowest BCUT2D eigenvalue weighted by Gasteiger charge is -2.46. The molecule has 0 saturated heterocycles. The Kier molecular flexibility index (Phi) is 16.6. The van der Waals surface area contributed by atoms with Crippen LogP contribution >= 0.6 is 15.9 Å². The first-order chi connectivity index (χ1) is 34.1. The van der Waals surface area contributed by atoms with E-state index in [9.17, 15) is 110 Å². The summed E-state index contributed by atoms with van der Waals surface area (Å²) >= 11 is 3.06. The summed E-state index contributed by atoms with van der Waals surface area (Å²) in [5, 5.41) is 0. The lowest BCUT2D eigenvalue weighted by atomic mass is 9.12. The van der Waals surface area contributed by atoms with E-state index < -0.39 is 195 Å². The van der Waals surface area contributed by atoms with E-state index in [1.165, 1.54) is 5.56 Å². The number of carbonyl (C=O) groups excluding carboxylic acids is 1. The van der Waals surface area contributed by atoms with Gasteiger partial charge in [-0.1, -0.05) is 78.9 Å². The van der Waals surface area contributed by atoms with Gasteiger partial charge in [0.25, 0.3) is 0 Å². The Balaban J connectivity index is 0.000000483. The van der Waals surface area contributed by atoms with Gasteiger partial charge in [0.05, 0.1) is 50.1 Å².